The maximum absolute atomic E-state index is 12.8. The molecule has 2 heterocycles. The lowest BCUT2D eigenvalue weighted by Crippen LogP contribution is -2.53. The normalized spacial score (nSPS) is 19.0. The minimum absolute atomic E-state index is 0.152. The smallest absolute Gasteiger partial charge is 0.225 e. The first-order valence-corrected chi connectivity index (χ1v) is 9.68. The summed E-state index contributed by atoms with van der Waals surface area (Å²) in [5.74, 6) is 1.31. The van der Waals surface area contributed by atoms with Crippen molar-refractivity contribution in [3.8, 4) is 5.75 Å². The molecular weight excluding hydrogens is 314 g/mol. The van der Waals surface area contributed by atoms with Crippen molar-refractivity contribution in [2.24, 2.45) is 5.92 Å². The Morgan fingerprint density at radius 1 is 1.16 bits per heavy atom. The van der Waals surface area contributed by atoms with Crippen LogP contribution in [0.15, 0.2) is 24.3 Å². The Balaban J connectivity index is 1.66. The molecule has 1 spiro atoms. The van der Waals surface area contributed by atoms with E-state index in [1.807, 2.05) is 29.2 Å². The first kappa shape index (κ1) is 18.0. The molecule has 0 radical (unpaired) electrons. The van der Waals surface area contributed by atoms with E-state index in [4.69, 9.17) is 4.74 Å². The third kappa shape index (κ3) is 3.73. The van der Waals surface area contributed by atoms with Crippen molar-refractivity contribution in [1.82, 2.24) is 4.90 Å². The molecule has 136 valence electrons. The summed E-state index contributed by atoms with van der Waals surface area (Å²) in [6, 6.07) is 7.50. The molecule has 0 aromatic heterocycles. The Morgan fingerprint density at radius 2 is 1.80 bits per heavy atom. The first-order valence-electron chi connectivity index (χ1n) is 9.68. The number of amides is 1. The van der Waals surface area contributed by atoms with Gasteiger partial charge >= 0.3 is 0 Å². The topological polar surface area (TPSA) is 46.6 Å². The number of benzene rings is 1. The van der Waals surface area contributed by atoms with Crippen molar-refractivity contribution in [2.45, 2.75) is 64.4 Å². The number of Topliss-reactive ketones (excluding diaryl/α,β-unsaturated/α-hetero) is 1. The van der Waals surface area contributed by atoms with Gasteiger partial charge in [-0.25, -0.2) is 0 Å². The molecule has 0 atom stereocenters. The number of hydrogen-bond donors (Lipinski definition) is 0. The highest BCUT2D eigenvalue weighted by Crippen LogP contribution is 2.39. The SMILES string of the molecule is CCCC(CCC)C(=O)N1CCC2(CC1)CC(=O)c1ccccc1O2. The van der Waals surface area contributed by atoms with Crippen molar-refractivity contribution in [2.75, 3.05) is 13.1 Å². The van der Waals surface area contributed by atoms with Crippen molar-refractivity contribution in [3.63, 3.8) is 0 Å². The Hall–Kier alpha value is -1.84. The lowest BCUT2D eigenvalue weighted by Gasteiger charge is -2.44. The number of hydrogen-bond acceptors (Lipinski definition) is 3. The molecule has 25 heavy (non-hydrogen) atoms. The van der Waals surface area contributed by atoms with E-state index in [1.165, 1.54) is 0 Å². The lowest BCUT2D eigenvalue weighted by molar-refractivity contribution is -0.139. The van der Waals surface area contributed by atoms with Crippen LogP contribution in [0.3, 0.4) is 0 Å². The molecule has 4 heteroatoms. The van der Waals surface area contributed by atoms with E-state index in [0.717, 1.165) is 38.5 Å². The van der Waals surface area contributed by atoms with Gasteiger partial charge in [-0.1, -0.05) is 38.8 Å². The number of rotatable bonds is 5. The molecule has 0 saturated carbocycles. The van der Waals surface area contributed by atoms with Gasteiger partial charge in [0.05, 0.1) is 12.0 Å². The van der Waals surface area contributed by atoms with E-state index >= 15 is 0 Å². The van der Waals surface area contributed by atoms with E-state index < -0.39 is 5.60 Å². The summed E-state index contributed by atoms with van der Waals surface area (Å²) >= 11 is 0. The van der Waals surface area contributed by atoms with Gasteiger partial charge in [0.2, 0.25) is 5.91 Å². The number of nitrogens with zero attached hydrogens (tertiary/aromatic N) is 1. The van der Waals surface area contributed by atoms with Crippen LogP contribution in [0.2, 0.25) is 0 Å². The summed E-state index contributed by atoms with van der Waals surface area (Å²) in [4.78, 5) is 27.3. The number of carbonyl (C=O) groups excluding carboxylic acids is 2. The van der Waals surface area contributed by atoms with Crippen molar-refractivity contribution in [3.05, 3.63) is 29.8 Å². The molecule has 1 aromatic rings. The van der Waals surface area contributed by atoms with Gasteiger partial charge in [-0.05, 0) is 25.0 Å². The number of carbonyl (C=O) groups is 2. The molecule has 0 aliphatic carbocycles. The quantitative estimate of drug-likeness (QED) is 0.804. The predicted octanol–water partition coefficient (Wildman–Crippen LogP) is 4.23. The third-order valence-electron chi connectivity index (χ3n) is 5.61. The van der Waals surface area contributed by atoms with Crippen LogP contribution in [0, 0.1) is 5.92 Å². The molecule has 1 saturated heterocycles. The van der Waals surface area contributed by atoms with Crippen LogP contribution < -0.4 is 4.74 Å². The molecule has 2 aliphatic rings. The predicted molar refractivity (Wildman–Crippen MR) is 97.9 cm³/mol. The monoisotopic (exact) mass is 343 g/mol. The van der Waals surface area contributed by atoms with E-state index in [-0.39, 0.29) is 11.7 Å². The average molecular weight is 343 g/mol. The first-order chi connectivity index (χ1) is 12.1. The van der Waals surface area contributed by atoms with Gasteiger partial charge in [0.15, 0.2) is 5.78 Å². The number of fused-ring (bicyclic) bond motifs is 1. The molecule has 4 nitrogen and oxygen atoms in total. The van der Waals surface area contributed by atoms with Gasteiger partial charge < -0.3 is 9.64 Å². The molecule has 1 aromatic carbocycles. The molecule has 0 unspecified atom stereocenters. The van der Waals surface area contributed by atoms with Crippen LogP contribution in [0.5, 0.6) is 5.75 Å². The second-order valence-electron chi connectivity index (χ2n) is 7.48. The average Bonchev–Trinajstić information content (AvgIpc) is 2.62. The molecular formula is C21H29NO3. The highest BCUT2D eigenvalue weighted by molar-refractivity contribution is 6.00. The second-order valence-corrected chi connectivity index (χ2v) is 7.48. The van der Waals surface area contributed by atoms with Gasteiger partial charge in [0, 0.05) is 31.8 Å². The zero-order valence-corrected chi connectivity index (χ0v) is 15.4. The van der Waals surface area contributed by atoms with Crippen LogP contribution in [-0.4, -0.2) is 35.3 Å². The maximum Gasteiger partial charge on any atom is 0.225 e. The van der Waals surface area contributed by atoms with E-state index in [1.54, 1.807) is 0 Å². The van der Waals surface area contributed by atoms with Gasteiger partial charge in [0.1, 0.15) is 11.4 Å². The Bertz CT molecular complexity index is 626. The van der Waals surface area contributed by atoms with Gasteiger partial charge in [-0.2, -0.15) is 0 Å². The van der Waals surface area contributed by atoms with E-state index in [0.29, 0.717) is 36.7 Å². The Kier molecular flexibility index (Phi) is 5.45. The van der Waals surface area contributed by atoms with Crippen molar-refractivity contribution in [1.29, 1.82) is 0 Å². The minimum atomic E-state index is -0.423. The van der Waals surface area contributed by atoms with Crippen LogP contribution in [-0.2, 0) is 4.79 Å². The van der Waals surface area contributed by atoms with Gasteiger partial charge in [-0.15, -0.1) is 0 Å². The zero-order chi connectivity index (χ0) is 17.9. The highest BCUT2D eigenvalue weighted by atomic mass is 16.5. The Labute approximate surface area is 150 Å². The molecule has 0 N–H and O–H groups in total. The van der Waals surface area contributed by atoms with Crippen LogP contribution in [0.1, 0.15) is 69.2 Å². The third-order valence-corrected chi connectivity index (χ3v) is 5.61. The van der Waals surface area contributed by atoms with Gasteiger partial charge in [0.25, 0.3) is 0 Å². The van der Waals surface area contributed by atoms with Crippen molar-refractivity contribution < 1.29 is 14.3 Å². The van der Waals surface area contributed by atoms with E-state index in [9.17, 15) is 9.59 Å². The number of para-hydroxylation sites is 1. The maximum atomic E-state index is 12.8. The van der Waals surface area contributed by atoms with Crippen LogP contribution in [0.4, 0.5) is 0 Å². The largest absolute Gasteiger partial charge is 0.486 e. The molecule has 1 fully saturated rings. The summed E-state index contributed by atoms with van der Waals surface area (Å²) in [7, 11) is 0. The highest BCUT2D eigenvalue weighted by Gasteiger charge is 2.43. The minimum Gasteiger partial charge on any atom is -0.486 e. The molecule has 0 bridgehead atoms. The van der Waals surface area contributed by atoms with Crippen LogP contribution >= 0.6 is 0 Å². The molecule has 2 aliphatic heterocycles. The Morgan fingerprint density at radius 3 is 2.44 bits per heavy atom. The number of ether oxygens (including phenoxy) is 1. The zero-order valence-electron chi connectivity index (χ0n) is 15.4. The fourth-order valence-corrected chi connectivity index (χ4v) is 4.20. The second kappa shape index (κ2) is 7.59. The van der Waals surface area contributed by atoms with E-state index in [2.05, 4.69) is 13.8 Å². The fraction of sp³-hybridized carbons (Fsp3) is 0.619. The molecule has 3 rings (SSSR count). The summed E-state index contributed by atoms with van der Waals surface area (Å²) in [6.07, 6.45) is 5.94. The number of piperidine rings is 1. The van der Waals surface area contributed by atoms with Crippen molar-refractivity contribution >= 4 is 11.7 Å². The number of likely N-dealkylation sites (tertiary alicyclic amines) is 1. The standard InChI is InChI=1S/C21H29NO3/c1-3-7-16(8-4-2)20(24)22-13-11-21(12-14-22)15-18(23)17-9-5-6-10-19(17)25-21/h5-6,9-10,16H,3-4,7-8,11-15H2,1-2H3. The molecule has 1 amide bonds. The number of ketones is 1. The summed E-state index contributed by atoms with van der Waals surface area (Å²) in [5.41, 5.74) is 0.269. The van der Waals surface area contributed by atoms with Crippen LogP contribution in [0.25, 0.3) is 0 Å². The fourth-order valence-electron chi connectivity index (χ4n) is 4.20. The summed E-state index contributed by atoms with van der Waals surface area (Å²) in [5, 5.41) is 0. The lowest BCUT2D eigenvalue weighted by atomic mass is 9.82. The van der Waals surface area contributed by atoms with Gasteiger partial charge in [-0.3, -0.25) is 9.59 Å². The summed E-state index contributed by atoms with van der Waals surface area (Å²) in [6.45, 7) is 5.66. The summed E-state index contributed by atoms with van der Waals surface area (Å²) < 4.78 is 6.26.